The number of rotatable bonds is 4. The minimum Gasteiger partial charge on any atom is -0.485 e. The van der Waals surface area contributed by atoms with Gasteiger partial charge in [0.15, 0.2) is 5.82 Å². The third-order valence-corrected chi connectivity index (χ3v) is 2.89. The molecule has 1 heterocycles. The largest absolute Gasteiger partial charge is 0.485 e. The van der Waals surface area contributed by atoms with Gasteiger partial charge in [0.05, 0.1) is 11.6 Å². The van der Waals surface area contributed by atoms with Crippen LogP contribution >= 0.6 is 0 Å². The van der Waals surface area contributed by atoms with E-state index in [-0.39, 0.29) is 12.4 Å². The highest BCUT2D eigenvalue weighted by molar-refractivity contribution is 5.47. The summed E-state index contributed by atoms with van der Waals surface area (Å²) in [5, 5.41) is 8.87. The summed E-state index contributed by atoms with van der Waals surface area (Å²) in [4.78, 5) is 3.85. The molecular formula is C14H13F2N3O. The minimum absolute atomic E-state index is 0.0507. The summed E-state index contributed by atoms with van der Waals surface area (Å²) in [6.45, 7) is 0.926. The standard InChI is InChI=1S/C14H13F2N3O/c1-9-5-11(7-17)6-10(2)13(9)20-8-12-18-3-4-19(12)14(15)16/h3-6,14H,8H2,1-2H3. The lowest BCUT2D eigenvalue weighted by Gasteiger charge is -2.13. The Morgan fingerprint density at radius 1 is 1.35 bits per heavy atom. The van der Waals surface area contributed by atoms with Crippen LogP contribution in [-0.4, -0.2) is 9.55 Å². The van der Waals surface area contributed by atoms with E-state index in [1.54, 1.807) is 12.1 Å². The normalized spacial score (nSPS) is 10.6. The topological polar surface area (TPSA) is 50.8 Å². The van der Waals surface area contributed by atoms with E-state index in [9.17, 15) is 8.78 Å². The highest BCUT2D eigenvalue weighted by Crippen LogP contribution is 2.25. The zero-order valence-electron chi connectivity index (χ0n) is 11.1. The molecule has 0 spiro atoms. The van der Waals surface area contributed by atoms with E-state index in [0.717, 1.165) is 15.7 Å². The molecule has 0 N–H and O–H groups in total. The molecule has 0 atom stereocenters. The lowest BCUT2D eigenvalue weighted by Crippen LogP contribution is -2.08. The Labute approximate surface area is 115 Å². The molecule has 20 heavy (non-hydrogen) atoms. The maximum atomic E-state index is 12.7. The van der Waals surface area contributed by atoms with Crippen molar-refractivity contribution in [3.63, 3.8) is 0 Å². The Morgan fingerprint density at radius 3 is 2.55 bits per heavy atom. The van der Waals surface area contributed by atoms with E-state index in [2.05, 4.69) is 11.1 Å². The van der Waals surface area contributed by atoms with Gasteiger partial charge in [-0.3, -0.25) is 4.57 Å². The lowest BCUT2D eigenvalue weighted by molar-refractivity contribution is 0.0632. The Bertz CT molecular complexity index is 636. The van der Waals surface area contributed by atoms with Crippen LogP contribution in [0.1, 0.15) is 29.1 Å². The summed E-state index contributed by atoms with van der Waals surface area (Å²) in [5.41, 5.74) is 2.12. The number of nitriles is 1. The van der Waals surface area contributed by atoms with E-state index in [0.29, 0.717) is 11.3 Å². The molecule has 0 unspecified atom stereocenters. The maximum absolute atomic E-state index is 12.7. The summed E-state index contributed by atoms with van der Waals surface area (Å²) >= 11 is 0. The second-order valence-electron chi connectivity index (χ2n) is 4.37. The van der Waals surface area contributed by atoms with Gasteiger partial charge >= 0.3 is 6.55 Å². The Morgan fingerprint density at radius 2 is 2.00 bits per heavy atom. The number of aryl methyl sites for hydroxylation is 2. The molecule has 0 aliphatic carbocycles. The third-order valence-electron chi connectivity index (χ3n) is 2.89. The molecule has 2 aromatic rings. The van der Waals surface area contributed by atoms with E-state index >= 15 is 0 Å². The van der Waals surface area contributed by atoms with E-state index < -0.39 is 6.55 Å². The zero-order valence-corrected chi connectivity index (χ0v) is 11.1. The van der Waals surface area contributed by atoms with Crippen molar-refractivity contribution in [1.82, 2.24) is 9.55 Å². The van der Waals surface area contributed by atoms with Crippen molar-refractivity contribution in [3.05, 3.63) is 47.0 Å². The third kappa shape index (κ3) is 2.77. The molecule has 0 saturated heterocycles. The number of benzene rings is 1. The second-order valence-corrected chi connectivity index (χ2v) is 4.37. The van der Waals surface area contributed by atoms with Gasteiger partial charge in [-0.2, -0.15) is 14.0 Å². The number of nitrogens with zero attached hydrogens (tertiary/aromatic N) is 3. The Kier molecular flexibility index (Phi) is 3.99. The molecule has 1 aromatic heterocycles. The second kappa shape index (κ2) is 5.70. The molecule has 0 saturated carbocycles. The molecule has 0 radical (unpaired) electrons. The quantitative estimate of drug-likeness (QED) is 0.861. The molecule has 0 bridgehead atoms. The molecule has 4 nitrogen and oxygen atoms in total. The van der Waals surface area contributed by atoms with E-state index in [4.69, 9.17) is 10.00 Å². The highest BCUT2D eigenvalue weighted by atomic mass is 19.3. The van der Waals surface area contributed by atoms with Gasteiger partial charge in [-0.05, 0) is 37.1 Å². The first-order chi connectivity index (χ1) is 9.52. The number of halogens is 2. The lowest BCUT2D eigenvalue weighted by atomic mass is 10.1. The average Bonchev–Trinajstić information content (AvgIpc) is 2.86. The van der Waals surface area contributed by atoms with Crippen LogP contribution < -0.4 is 4.74 Å². The fourth-order valence-corrected chi connectivity index (χ4v) is 2.01. The van der Waals surface area contributed by atoms with Gasteiger partial charge in [-0.25, -0.2) is 4.98 Å². The number of hydrogen-bond acceptors (Lipinski definition) is 3. The Balaban J connectivity index is 2.19. The zero-order chi connectivity index (χ0) is 14.7. The minimum atomic E-state index is -2.64. The van der Waals surface area contributed by atoms with Gasteiger partial charge in [0.1, 0.15) is 12.4 Å². The first kappa shape index (κ1) is 14.0. The predicted octanol–water partition coefficient (Wildman–Crippen LogP) is 3.35. The number of hydrogen-bond donors (Lipinski definition) is 0. The molecule has 2 rings (SSSR count). The molecular weight excluding hydrogens is 264 g/mol. The maximum Gasteiger partial charge on any atom is 0.320 e. The van der Waals surface area contributed by atoms with Crippen LogP contribution in [-0.2, 0) is 6.61 Å². The average molecular weight is 277 g/mol. The smallest absolute Gasteiger partial charge is 0.320 e. The molecule has 1 aromatic carbocycles. The van der Waals surface area contributed by atoms with Gasteiger partial charge in [-0.15, -0.1) is 0 Å². The number of alkyl halides is 2. The monoisotopic (exact) mass is 277 g/mol. The van der Waals surface area contributed by atoms with Gasteiger partial charge in [0.25, 0.3) is 0 Å². The van der Waals surface area contributed by atoms with Crippen molar-refractivity contribution in [2.45, 2.75) is 27.0 Å². The SMILES string of the molecule is Cc1cc(C#N)cc(C)c1OCc1nccn1C(F)F. The van der Waals surface area contributed by atoms with Crippen LogP contribution in [0.2, 0.25) is 0 Å². The Hall–Kier alpha value is -2.42. The summed E-state index contributed by atoms with van der Waals surface area (Å²) in [7, 11) is 0. The van der Waals surface area contributed by atoms with Crippen LogP contribution in [0.15, 0.2) is 24.5 Å². The van der Waals surface area contributed by atoms with Crippen molar-refractivity contribution >= 4 is 0 Å². The van der Waals surface area contributed by atoms with Gasteiger partial charge in [0.2, 0.25) is 0 Å². The first-order valence-corrected chi connectivity index (χ1v) is 5.97. The van der Waals surface area contributed by atoms with Crippen molar-refractivity contribution < 1.29 is 13.5 Å². The summed E-state index contributed by atoms with van der Waals surface area (Å²) in [6.07, 6.45) is 2.52. The molecule has 0 aliphatic rings. The van der Waals surface area contributed by atoms with E-state index in [1.165, 1.54) is 12.4 Å². The number of imidazole rings is 1. The molecule has 0 aliphatic heterocycles. The summed E-state index contributed by atoms with van der Waals surface area (Å²) < 4.78 is 31.7. The van der Waals surface area contributed by atoms with Crippen LogP contribution in [0.5, 0.6) is 5.75 Å². The molecule has 0 fully saturated rings. The fraction of sp³-hybridized carbons (Fsp3) is 0.286. The summed E-state index contributed by atoms with van der Waals surface area (Å²) in [5.74, 6) is 0.746. The fourth-order valence-electron chi connectivity index (χ4n) is 2.01. The van der Waals surface area contributed by atoms with Crippen molar-refractivity contribution in [2.75, 3.05) is 0 Å². The molecule has 0 amide bonds. The van der Waals surface area contributed by atoms with Crippen molar-refractivity contribution in [3.8, 4) is 11.8 Å². The highest BCUT2D eigenvalue weighted by Gasteiger charge is 2.13. The predicted molar refractivity (Wildman–Crippen MR) is 68.4 cm³/mol. The number of ether oxygens (including phenoxy) is 1. The molecule has 104 valence electrons. The van der Waals surface area contributed by atoms with Crippen LogP contribution in [0.4, 0.5) is 8.78 Å². The van der Waals surface area contributed by atoms with E-state index in [1.807, 2.05) is 13.8 Å². The van der Waals surface area contributed by atoms with Crippen LogP contribution in [0.25, 0.3) is 0 Å². The van der Waals surface area contributed by atoms with Gasteiger partial charge in [-0.1, -0.05) is 0 Å². The van der Waals surface area contributed by atoms with Crippen molar-refractivity contribution in [2.24, 2.45) is 0 Å². The van der Waals surface area contributed by atoms with Gasteiger partial charge in [0, 0.05) is 12.4 Å². The van der Waals surface area contributed by atoms with Crippen molar-refractivity contribution in [1.29, 1.82) is 5.26 Å². The first-order valence-electron chi connectivity index (χ1n) is 5.97. The van der Waals surface area contributed by atoms with Gasteiger partial charge < -0.3 is 4.74 Å². The summed E-state index contributed by atoms with van der Waals surface area (Å²) in [6, 6.07) is 5.45. The van der Waals surface area contributed by atoms with Crippen LogP contribution in [0.3, 0.4) is 0 Å². The molecule has 6 heteroatoms. The van der Waals surface area contributed by atoms with Crippen LogP contribution in [0, 0.1) is 25.2 Å². The number of aromatic nitrogens is 2.